The van der Waals surface area contributed by atoms with E-state index in [4.69, 9.17) is 9.63 Å². The number of hydrogen-bond donors (Lipinski definition) is 2. The van der Waals surface area contributed by atoms with Gasteiger partial charge >= 0.3 is 5.97 Å². The van der Waals surface area contributed by atoms with Crippen molar-refractivity contribution in [2.24, 2.45) is 0 Å². The number of rotatable bonds is 3. The molecule has 0 unspecified atom stereocenters. The summed E-state index contributed by atoms with van der Waals surface area (Å²) in [7, 11) is 0. The maximum absolute atomic E-state index is 11.2. The lowest BCUT2D eigenvalue weighted by molar-refractivity contribution is 0.0686. The molecule has 1 aliphatic carbocycles. The van der Waals surface area contributed by atoms with Crippen molar-refractivity contribution >= 4 is 28.3 Å². The van der Waals surface area contributed by atoms with Gasteiger partial charge in [-0.05, 0) is 24.3 Å². The Hall–Kier alpha value is -2.41. The van der Waals surface area contributed by atoms with Gasteiger partial charge in [0, 0.05) is 5.92 Å². The molecule has 3 aromatic rings. The first-order chi connectivity index (χ1) is 10.2. The SMILES string of the molecule is O=C(O)c1nc(C2CC2)c2c(-c3cccs3)noc2c1O. The molecule has 6 nitrogen and oxygen atoms in total. The predicted molar refractivity (Wildman–Crippen MR) is 75.7 cm³/mol. The highest BCUT2D eigenvalue weighted by molar-refractivity contribution is 7.13. The Balaban J connectivity index is 2.07. The number of thiophene rings is 1. The van der Waals surface area contributed by atoms with E-state index in [9.17, 15) is 9.90 Å². The zero-order chi connectivity index (χ0) is 14.6. The average Bonchev–Trinajstić information content (AvgIpc) is 2.99. The normalized spacial score (nSPS) is 14.7. The number of carbonyl (C=O) groups is 1. The van der Waals surface area contributed by atoms with Crippen molar-refractivity contribution in [1.82, 2.24) is 10.1 Å². The van der Waals surface area contributed by atoms with Crippen LogP contribution in [-0.4, -0.2) is 26.3 Å². The van der Waals surface area contributed by atoms with Crippen molar-refractivity contribution in [2.45, 2.75) is 18.8 Å². The van der Waals surface area contributed by atoms with E-state index in [-0.39, 0.29) is 17.2 Å². The number of nitrogens with zero attached hydrogens (tertiary/aromatic N) is 2. The van der Waals surface area contributed by atoms with Crippen molar-refractivity contribution in [1.29, 1.82) is 0 Å². The number of aromatic nitrogens is 2. The molecule has 3 heterocycles. The maximum atomic E-state index is 11.2. The van der Waals surface area contributed by atoms with Crippen LogP contribution in [0.2, 0.25) is 0 Å². The van der Waals surface area contributed by atoms with Gasteiger partial charge in [0.05, 0.1) is 16.0 Å². The second kappa shape index (κ2) is 4.29. The molecule has 1 aliphatic rings. The van der Waals surface area contributed by atoms with Crippen LogP contribution in [0.5, 0.6) is 5.75 Å². The highest BCUT2D eigenvalue weighted by Crippen LogP contribution is 2.47. The fourth-order valence-corrected chi connectivity index (χ4v) is 3.12. The van der Waals surface area contributed by atoms with Gasteiger partial charge in [-0.2, -0.15) is 0 Å². The Morgan fingerprint density at radius 3 is 2.86 bits per heavy atom. The van der Waals surface area contributed by atoms with E-state index in [1.54, 1.807) is 0 Å². The molecule has 0 aromatic carbocycles. The van der Waals surface area contributed by atoms with Gasteiger partial charge in [-0.15, -0.1) is 11.3 Å². The first-order valence-corrected chi connectivity index (χ1v) is 7.34. The van der Waals surface area contributed by atoms with E-state index in [2.05, 4.69) is 10.1 Å². The van der Waals surface area contributed by atoms with Gasteiger partial charge in [0.15, 0.2) is 11.4 Å². The summed E-state index contributed by atoms with van der Waals surface area (Å²) in [6, 6.07) is 3.80. The highest BCUT2D eigenvalue weighted by atomic mass is 32.1. The quantitative estimate of drug-likeness (QED) is 0.771. The zero-order valence-corrected chi connectivity index (χ0v) is 11.6. The lowest BCUT2D eigenvalue weighted by atomic mass is 10.1. The third kappa shape index (κ3) is 1.81. The molecule has 1 fully saturated rings. The summed E-state index contributed by atoms with van der Waals surface area (Å²) >= 11 is 1.50. The Labute approximate surface area is 122 Å². The lowest BCUT2D eigenvalue weighted by Crippen LogP contribution is -2.04. The number of pyridine rings is 1. The lowest BCUT2D eigenvalue weighted by Gasteiger charge is -2.05. The van der Waals surface area contributed by atoms with Crippen LogP contribution in [0.4, 0.5) is 0 Å². The standard InChI is InChI=1S/C14H10N2O4S/c17-12-11(14(18)19)15-9(6-3-4-6)8-10(16-20-13(8)12)7-2-1-5-21-7/h1-2,5-6,17H,3-4H2,(H,18,19). The minimum atomic E-state index is -1.27. The molecule has 0 aliphatic heterocycles. The molecule has 0 spiro atoms. The molecule has 0 radical (unpaired) electrons. The molecule has 1 saturated carbocycles. The van der Waals surface area contributed by atoms with Gasteiger partial charge in [0.1, 0.15) is 5.69 Å². The van der Waals surface area contributed by atoms with Crippen LogP contribution in [0.1, 0.15) is 34.9 Å². The Kier molecular flexibility index (Phi) is 2.52. The average molecular weight is 302 g/mol. The number of carboxylic acid groups (broad SMARTS) is 1. The van der Waals surface area contributed by atoms with Crippen molar-refractivity contribution in [2.75, 3.05) is 0 Å². The summed E-state index contributed by atoms with van der Waals surface area (Å²) in [5.74, 6) is -1.52. The summed E-state index contributed by atoms with van der Waals surface area (Å²) in [4.78, 5) is 16.3. The molecule has 3 aromatic heterocycles. The molecular weight excluding hydrogens is 292 g/mol. The third-order valence-corrected chi connectivity index (χ3v) is 4.42. The van der Waals surface area contributed by atoms with Crippen LogP contribution in [-0.2, 0) is 0 Å². The summed E-state index contributed by atoms with van der Waals surface area (Å²) < 4.78 is 5.22. The maximum Gasteiger partial charge on any atom is 0.358 e. The largest absolute Gasteiger partial charge is 0.502 e. The first-order valence-electron chi connectivity index (χ1n) is 6.46. The Bertz CT molecular complexity index is 850. The van der Waals surface area contributed by atoms with E-state index in [0.717, 1.165) is 17.7 Å². The van der Waals surface area contributed by atoms with E-state index < -0.39 is 11.7 Å². The fraction of sp³-hybridized carbons (Fsp3) is 0.214. The van der Waals surface area contributed by atoms with Gasteiger partial charge in [-0.25, -0.2) is 9.78 Å². The molecule has 4 rings (SSSR count). The second-order valence-corrected chi connectivity index (χ2v) is 5.93. The number of aromatic hydroxyl groups is 1. The summed E-state index contributed by atoms with van der Waals surface area (Å²) in [5.41, 5.74) is 0.998. The van der Waals surface area contributed by atoms with E-state index in [1.807, 2.05) is 17.5 Å². The van der Waals surface area contributed by atoms with E-state index in [0.29, 0.717) is 16.8 Å². The molecule has 7 heteroatoms. The van der Waals surface area contributed by atoms with Crippen LogP contribution in [0.15, 0.2) is 22.0 Å². The topological polar surface area (TPSA) is 96.5 Å². The van der Waals surface area contributed by atoms with Crippen molar-refractivity contribution < 1.29 is 19.5 Å². The molecule has 0 amide bonds. The van der Waals surface area contributed by atoms with E-state index >= 15 is 0 Å². The van der Waals surface area contributed by atoms with Crippen molar-refractivity contribution in [3.63, 3.8) is 0 Å². The van der Waals surface area contributed by atoms with E-state index in [1.165, 1.54) is 11.3 Å². The van der Waals surface area contributed by atoms with Gasteiger partial charge in [-0.3, -0.25) is 0 Å². The summed E-state index contributed by atoms with van der Waals surface area (Å²) in [5, 5.41) is 25.8. The Morgan fingerprint density at radius 2 is 2.24 bits per heavy atom. The van der Waals surface area contributed by atoms with Crippen LogP contribution in [0.25, 0.3) is 21.5 Å². The Morgan fingerprint density at radius 1 is 1.43 bits per heavy atom. The van der Waals surface area contributed by atoms with Crippen LogP contribution < -0.4 is 0 Å². The monoisotopic (exact) mass is 302 g/mol. The van der Waals surface area contributed by atoms with Crippen LogP contribution >= 0.6 is 11.3 Å². The molecule has 21 heavy (non-hydrogen) atoms. The molecule has 106 valence electrons. The fourth-order valence-electron chi connectivity index (χ4n) is 2.41. The van der Waals surface area contributed by atoms with Crippen LogP contribution in [0.3, 0.4) is 0 Å². The predicted octanol–water partition coefficient (Wildman–Crippen LogP) is 3.23. The molecular formula is C14H10N2O4S. The molecule has 0 saturated heterocycles. The smallest absolute Gasteiger partial charge is 0.358 e. The number of aromatic carboxylic acids is 1. The van der Waals surface area contributed by atoms with Gasteiger partial charge in [0.2, 0.25) is 5.58 Å². The van der Waals surface area contributed by atoms with Crippen molar-refractivity contribution in [3.8, 4) is 16.3 Å². The zero-order valence-electron chi connectivity index (χ0n) is 10.7. The van der Waals surface area contributed by atoms with Gasteiger partial charge in [-0.1, -0.05) is 11.2 Å². The number of carboxylic acids is 1. The number of fused-ring (bicyclic) bond motifs is 1. The first kappa shape index (κ1) is 12.3. The number of hydrogen-bond acceptors (Lipinski definition) is 6. The minimum absolute atomic E-state index is 0.104. The summed E-state index contributed by atoms with van der Waals surface area (Å²) in [6.45, 7) is 0. The highest BCUT2D eigenvalue weighted by Gasteiger charge is 2.33. The molecule has 0 bridgehead atoms. The second-order valence-electron chi connectivity index (χ2n) is 4.99. The van der Waals surface area contributed by atoms with Crippen LogP contribution in [0, 0.1) is 0 Å². The molecule has 0 atom stereocenters. The molecule has 2 N–H and O–H groups in total. The minimum Gasteiger partial charge on any atom is -0.502 e. The van der Waals surface area contributed by atoms with Crippen molar-refractivity contribution in [3.05, 3.63) is 28.9 Å². The van der Waals surface area contributed by atoms with Gasteiger partial charge < -0.3 is 14.7 Å². The summed E-state index contributed by atoms with van der Waals surface area (Å²) in [6.07, 6.45) is 1.92. The van der Waals surface area contributed by atoms with Gasteiger partial charge in [0.25, 0.3) is 0 Å². The third-order valence-electron chi connectivity index (χ3n) is 3.54.